The van der Waals surface area contributed by atoms with Crippen LogP contribution in [0.3, 0.4) is 0 Å². The zero-order valence-corrected chi connectivity index (χ0v) is 16.8. The highest BCUT2D eigenvalue weighted by atomic mass is 35.5. The number of aliphatic imine (C=N–C) groups is 1. The molecule has 0 unspecified atom stereocenters. The average molecular weight is 414 g/mol. The number of amides is 1. The molecule has 2 aromatic rings. The molecule has 1 aliphatic carbocycles. The van der Waals surface area contributed by atoms with Crippen LogP contribution in [-0.4, -0.2) is 32.1 Å². The molecule has 1 N–H and O–H groups in total. The van der Waals surface area contributed by atoms with Crippen molar-refractivity contribution >= 4 is 46.2 Å². The fraction of sp³-hybridized carbons (Fsp3) is 0.286. The smallest absolute Gasteiger partial charge is 0.267 e. The molecule has 1 amide bonds. The van der Waals surface area contributed by atoms with E-state index in [0.717, 1.165) is 31.2 Å². The zero-order chi connectivity index (χ0) is 19.5. The highest BCUT2D eigenvalue weighted by Gasteiger charge is 2.38. The molecule has 2 fully saturated rings. The van der Waals surface area contributed by atoms with Gasteiger partial charge in [0.1, 0.15) is 5.75 Å². The fourth-order valence-corrected chi connectivity index (χ4v) is 4.77. The minimum atomic E-state index is -0.0378. The topological polar surface area (TPSA) is 65.8 Å². The second-order valence-corrected chi connectivity index (χ2v) is 8.31. The van der Waals surface area contributed by atoms with Crippen LogP contribution in [0.1, 0.15) is 37.7 Å². The Labute approximate surface area is 173 Å². The van der Waals surface area contributed by atoms with Crippen molar-refractivity contribution in [2.24, 2.45) is 4.99 Å². The zero-order valence-electron chi connectivity index (χ0n) is 15.2. The Morgan fingerprint density at radius 2 is 2.07 bits per heavy atom. The van der Waals surface area contributed by atoms with E-state index in [0.29, 0.717) is 20.8 Å². The van der Waals surface area contributed by atoms with Crippen molar-refractivity contribution in [1.82, 2.24) is 9.88 Å². The summed E-state index contributed by atoms with van der Waals surface area (Å²) >= 11 is 7.58. The molecule has 2 heterocycles. The Morgan fingerprint density at radius 1 is 1.25 bits per heavy atom. The SMILES string of the molecule is O=C1/C(=C/c2cccc(O)c2)SC(=Nc2ccncc2Cl)N1C1CCCCC1. The number of halogens is 1. The van der Waals surface area contributed by atoms with Crippen molar-refractivity contribution in [2.45, 2.75) is 38.1 Å². The maximum absolute atomic E-state index is 13.2. The summed E-state index contributed by atoms with van der Waals surface area (Å²) < 4.78 is 0. The number of amidine groups is 1. The van der Waals surface area contributed by atoms with Gasteiger partial charge in [-0.3, -0.25) is 14.7 Å². The molecule has 1 saturated heterocycles. The lowest BCUT2D eigenvalue weighted by Crippen LogP contribution is -2.40. The van der Waals surface area contributed by atoms with Gasteiger partial charge in [0.2, 0.25) is 0 Å². The molecule has 7 heteroatoms. The van der Waals surface area contributed by atoms with Crippen molar-refractivity contribution < 1.29 is 9.90 Å². The second-order valence-electron chi connectivity index (χ2n) is 6.89. The lowest BCUT2D eigenvalue weighted by molar-refractivity contribution is -0.124. The number of pyridine rings is 1. The van der Waals surface area contributed by atoms with Gasteiger partial charge in [-0.25, -0.2) is 4.99 Å². The van der Waals surface area contributed by atoms with E-state index in [4.69, 9.17) is 16.6 Å². The third kappa shape index (κ3) is 4.08. The van der Waals surface area contributed by atoms with Gasteiger partial charge in [-0.15, -0.1) is 0 Å². The molecular weight excluding hydrogens is 394 g/mol. The number of phenols is 1. The number of benzene rings is 1. The van der Waals surface area contributed by atoms with Crippen molar-refractivity contribution in [3.05, 3.63) is 58.2 Å². The third-order valence-corrected chi connectivity index (χ3v) is 6.19. The van der Waals surface area contributed by atoms with Crippen molar-refractivity contribution in [3.63, 3.8) is 0 Å². The molecule has 0 atom stereocenters. The molecule has 144 valence electrons. The van der Waals surface area contributed by atoms with E-state index in [1.807, 2.05) is 11.0 Å². The molecule has 0 spiro atoms. The number of aromatic hydroxyl groups is 1. The Kier molecular flexibility index (Phi) is 5.69. The summed E-state index contributed by atoms with van der Waals surface area (Å²) in [5, 5.41) is 10.8. The maximum Gasteiger partial charge on any atom is 0.267 e. The Hall–Kier alpha value is -2.31. The summed E-state index contributed by atoms with van der Waals surface area (Å²) in [5.41, 5.74) is 1.38. The number of nitrogens with zero attached hydrogens (tertiary/aromatic N) is 3. The van der Waals surface area contributed by atoms with Gasteiger partial charge in [-0.05, 0) is 54.4 Å². The predicted octanol–water partition coefficient (Wildman–Crippen LogP) is 5.38. The van der Waals surface area contributed by atoms with Crippen LogP contribution >= 0.6 is 23.4 Å². The minimum Gasteiger partial charge on any atom is -0.508 e. The molecule has 1 aromatic carbocycles. The molecule has 2 aliphatic rings. The first-order chi connectivity index (χ1) is 13.6. The van der Waals surface area contributed by atoms with E-state index in [1.165, 1.54) is 18.2 Å². The molecule has 0 radical (unpaired) electrons. The minimum absolute atomic E-state index is 0.0378. The number of hydrogen-bond donors (Lipinski definition) is 1. The summed E-state index contributed by atoms with van der Waals surface area (Å²) in [4.78, 5) is 24.3. The summed E-state index contributed by atoms with van der Waals surface area (Å²) in [6.45, 7) is 0. The van der Waals surface area contributed by atoms with E-state index in [2.05, 4.69) is 4.98 Å². The molecule has 1 saturated carbocycles. The lowest BCUT2D eigenvalue weighted by Gasteiger charge is -2.30. The van der Waals surface area contributed by atoms with E-state index in [1.54, 1.807) is 42.7 Å². The highest BCUT2D eigenvalue weighted by Crippen LogP contribution is 2.39. The molecule has 0 bridgehead atoms. The van der Waals surface area contributed by atoms with Crippen LogP contribution in [-0.2, 0) is 4.79 Å². The number of phenolic OH excluding ortho intramolecular Hbond substituents is 1. The van der Waals surface area contributed by atoms with Gasteiger partial charge in [0.15, 0.2) is 5.17 Å². The Morgan fingerprint density at radius 3 is 2.82 bits per heavy atom. The largest absolute Gasteiger partial charge is 0.508 e. The second kappa shape index (κ2) is 8.37. The van der Waals surface area contributed by atoms with Crippen LogP contribution in [0.2, 0.25) is 5.02 Å². The number of carbonyl (C=O) groups is 1. The molecule has 5 nitrogen and oxygen atoms in total. The van der Waals surface area contributed by atoms with Crippen LogP contribution < -0.4 is 0 Å². The van der Waals surface area contributed by atoms with Gasteiger partial charge in [-0.2, -0.15) is 0 Å². The van der Waals surface area contributed by atoms with Crippen LogP contribution in [0.25, 0.3) is 6.08 Å². The van der Waals surface area contributed by atoms with E-state index in [-0.39, 0.29) is 17.7 Å². The van der Waals surface area contributed by atoms with Crippen molar-refractivity contribution in [1.29, 1.82) is 0 Å². The van der Waals surface area contributed by atoms with Gasteiger partial charge < -0.3 is 5.11 Å². The number of carbonyl (C=O) groups excluding carboxylic acids is 1. The lowest BCUT2D eigenvalue weighted by atomic mass is 9.94. The Bertz CT molecular complexity index is 954. The van der Waals surface area contributed by atoms with Gasteiger partial charge in [-0.1, -0.05) is 43.0 Å². The number of thioether (sulfide) groups is 1. The van der Waals surface area contributed by atoms with Crippen LogP contribution in [0, 0.1) is 0 Å². The van der Waals surface area contributed by atoms with Crippen LogP contribution in [0.4, 0.5) is 5.69 Å². The summed E-state index contributed by atoms with van der Waals surface area (Å²) in [6, 6.07) is 8.77. The normalized spacial score (nSPS) is 21.0. The van der Waals surface area contributed by atoms with Crippen molar-refractivity contribution in [3.8, 4) is 5.75 Å². The van der Waals surface area contributed by atoms with Gasteiger partial charge in [0.05, 0.1) is 15.6 Å². The summed E-state index contributed by atoms with van der Waals surface area (Å²) in [6.07, 6.45) is 10.4. The Balaban J connectivity index is 1.72. The van der Waals surface area contributed by atoms with E-state index in [9.17, 15) is 9.90 Å². The van der Waals surface area contributed by atoms with E-state index >= 15 is 0 Å². The summed E-state index contributed by atoms with van der Waals surface area (Å²) in [7, 11) is 0. The van der Waals surface area contributed by atoms with Gasteiger partial charge >= 0.3 is 0 Å². The first-order valence-corrected chi connectivity index (χ1v) is 10.5. The maximum atomic E-state index is 13.2. The van der Waals surface area contributed by atoms with Gasteiger partial charge in [0, 0.05) is 18.4 Å². The highest BCUT2D eigenvalue weighted by molar-refractivity contribution is 8.18. The monoisotopic (exact) mass is 413 g/mol. The molecular formula is C21H20ClN3O2S. The first-order valence-electron chi connectivity index (χ1n) is 9.32. The average Bonchev–Trinajstić information content (AvgIpc) is 2.99. The number of hydrogen-bond acceptors (Lipinski definition) is 5. The van der Waals surface area contributed by atoms with Crippen LogP contribution in [0.5, 0.6) is 5.75 Å². The molecule has 4 rings (SSSR count). The number of rotatable bonds is 3. The van der Waals surface area contributed by atoms with Crippen molar-refractivity contribution in [2.75, 3.05) is 0 Å². The summed E-state index contributed by atoms with van der Waals surface area (Å²) in [5.74, 6) is 0.135. The molecule has 1 aromatic heterocycles. The van der Waals surface area contributed by atoms with Crippen LogP contribution in [0.15, 0.2) is 52.6 Å². The fourth-order valence-electron chi connectivity index (χ4n) is 3.55. The predicted molar refractivity (Wildman–Crippen MR) is 114 cm³/mol. The molecule has 1 aliphatic heterocycles. The molecule has 28 heavy (non-hydrogen) atoms. The number of aromatic nitrogens is 1. The third-order valence-electron chi connectivity index (χ3n) is 4.91. The quantitative estimate of drug-likeness (QED) is 0.686. The standard InChI is InChI=1S/C21H20ClN3O2S/c22-17-13-23-10-9-18(17)24-21-25(15-6-2-1-3-7-15)20(27)19(28-21)12-14-5-4-8-16(26)11-14/h4-5,8-13,15,26H,1-3,6-7H2/b19-12-,24-21?. The first kappa shape index (κ1) is 19.0. The van der Waals surface area contributed by atoms with Gasteiger partial charge in [0.25, 0.3) is 5.91 Å². The van der Waals surface area contributed by atoms with E-state index < -0.39 is 0 Å².